The Morgan fingerprint density at radius 2 is 2.14 bits per heavy atom. The zero-order valence-electron chi connectivity index (χ0n) is 12.7. The molecule has 0 amide bonds. The van der Waals surface area contributed by atoms with Crippen molar-refractivity contribution < 1.29 is 0 Å². The smallest absolute Gasteiger partial charge is 0.201 e. The lowest BCUT2D eigenvalue weighted by atomic mass is 10.1. The predicted molar refractivity (Wildman–Crippen MR) is 88.8 cm³/mol. The number of fused-ring (bicyclic) bond motifs is 1. The fraction of sp³-hybridized carbons (Fsp3) is 0.562. The van der Waals surface area contributed by atoms with Crippen LogP contribution in [0.5, 0.6) is 0 Å². The molecule has 1 fully saturated rings. The van der Waals surface area contributed by atoms with Crippen LogP contribution in [0.25, 0.3) is 11.0 Å². The van der Waals surface area contributed by atoms with Gasteiger partial charge in [-0.2, -0.15) is 0 Å². The summed E-state index contributed by atoms with van der Waals surface area (Å²) in [7, 11) is 0. The summed E-state index contributed by atoms with van der Waals surface area (Å²) in [5.41, 5.74) is 8.07. The van der Waals surface area contributed by atoms with Crippen LogP contribution in [-0.2, 0) is 0 Å². The van der Waals surface area contributed by atoms with Gasteiger partial charge in [0.25, 0.3) is 0 Å². The lowest BCUT2D eigenvalue weighted by Gasteiger charge is -2.29. The van der Waals surface area contributed by atoms with Gasteiger partial charge in [-0.05, 0) is 45.4 Å². The van der Waals surface area contributed by atoms with E-state index in [0.29, 0.717) is 18.0 Å². The zero-order chi connectivity index (χ0) is 15.0. The maximum absolute atomic E-state index is 6.40. The van der Waals surface area contributed by atoms with Crippen molar-refractivity contribution in [1.82, 2.24) is 14.5 Å². The van der Waals surface area contributed by atoms with Crippen LogP contribution < -0.4 is 5.73 Å². The third-order valence-electron chi connectivity index (χ3n) is 4.46. The highest BCUT2D eigenvalue weighted by atomic mass is 35.5. The summed E-state index contributed by atoms with van der Waals surface area (Å²) >= 11 is 6.40. The number of rotatable bonds is 2. The number of aromatic nitrogens is 2. The molecule has 5 heteroatoms. The van der Waals surface area contributed by atoms with Gasteiger partial charge in [0.15, 0.2) is 0 Å². The fourth-order valence-electron chi connectivity index (χ4n) is 3.32. The molecule has 0 spiro atoms. The first-order valence-electron chi connectivity index (χ1n) is 7.74. The predicted octanol–water partition coefficient (Wildman–Crippen LogP) is 3.71. The molecular weight excluding hydrogens is 284 g/mol. The van der Waals surface area contributed by atoms with Crippen molar-refractivity contribution in [2.75, 3.05) is 18.8 Å². The summed E-state index contributed by atoms with van der Waals surface area (Å²) in [6.45, 7) is 6.68. The normalized spacial score (nSPS) is 21.0. The number of likely N-dealkylation sites (tertiary alicyclic amines) is 1. The van der Waals surface area contributed by atoms with E-state index in [0.717, 1.165) is 35.6 Å². The van der Waals surface area contributed by atoms with Crippen LogP contribution in [0.2, 0.25) is 5.02 Å². The largest absolute Gasteiger partial charge is 0.369 e. The average molecular weight is 307 g/mol. The Morgan fingerprint density at radius 3 is 2.90 bits per heavy atom. The van der Waals surface area contributed by atoms with Crippen LogP contribution in [0, 0.1) is 0 Å². The Balaban J connectivity index is 2.04. The third kappa shape index (κ3) is 2.74. The van der Waals surface area contributed by atoms with E-state index < -0.39 is 0 Å². The summed E-state index contributed by atoms with van der Waals surface area (Å²) in [4.78, 5) is 7.01. The Hall–Kier alpha value is -1.26. The standard InChI is InChI=1S/C16H23ClN4/c1-11(2)20-9-4-3-6-12(10-20)21-15-13(17)7-5-8-14(15)19-16(21)18/h5,7-8,11-12H,3-4,6,9-10H2,1-2H3,(H2,18,19)/t12-/m0/s1. The maximum atomic E-state index is 6.40. The molecule has 114 valence electrons. The van der Waals surface area contributed by atoms with Gasteiger partial charge < -0.3 is 10.3 Å². The highest BCUT2D eigenvalue weighted by Gasteiger charge is 2.25. The number of nitrogens with two attached hydrogens (primary N) is 1. The van der Waals surface area contributed by atoms with Crippen LogP contribution in [0.15, 0.2) is 18.2 Å². The quantitative estimate of drug-likeness (QED) is 0.920. The summed E-state index contributed by atoms with van der Waals surface area (Å²) < 4.78 is 2.15. The lowest BCUT2D eigenvalue weighted by Crippen LogP contribution is -2.35. The summed E-state index contributed by atoms with van der Waals surface area (Å²) in [6, 6.07) is 6.72. The number of nitrogen functional groups attached to an aromatic ring is 1. The van der Waals surface area contributed by atoms with Gasteiger partial charge >= 0.3 is 0 Å². The number of imidazole rings is 1. The first kappa shape index (κ1) is 14.7. The van der Waals surface area contributed by atoms with Gasteiger partial charge in [0, 0.05) is 18.6 Å². The van der Waals surface area contributed by atoms with E-state index in [1.807, 2.05) is 18.2 Å². The molecule has 1 aliphatic rings. The molecule has 2 aromatic rings. The van der Waals surface area contributed by atoms with Crippen LogP contribution >= 0.6 is 11.6 Å². The zero-order valence-corrected chi connectivity index (χ0v) is 13.5. The monoisotopic (exact) mass is 306 g/mol. The molecule has 3 rings (SSSR count). The number of para-hydroxylation sites is 1. The molecule has 0 unspecified atom stereocenters. The average Bonchev–Trinajstić information content (AvgIpc) is 2.62. The van der Waals surface area contributed by atoms with Crippen LogP contribution in [0.3, 0.4) is 0 Å². The van der Waals surface area contributed by atoms with Crippen LogP contribution in [-0.4, -0.2) is 33.6 Å². The Kier molecular flexibility index (Phi) is 4.09. The molecular formula is C16H23ClN4. The molecule has 0 bridgehead atoms. The van der Waals surface area contributed by atoms with Gasteiger partial charge in [-0.15, -0.1) is 0 Å². The first-order chi connectivity index (χ1) is 10.1. The molecule has 4 nitrogen and oxygen atoms in total. The van der Waals surface area contributed by atoms with Crippen molar-refractivity contribution in [1.29, 1.82) is 0 Å². The molecule has 21 heavy (non-hydrogen) atoms. The molecule has 0 saturated carbocycles. The minimum atomic E-state index is 0.347. The summed E-state index contributed by atoms with van der Waals surface area (Å²) in [5.74, 6) is 0.578. The minimum Gasteiger partial charge on any atom is -0.369 e. The third-order valence-corrected chi connectivity index (χ3v) is 4.77. The Labute approximate surface area is 130 Å². The topological polar surface area (TPSA) is 47.1 Å². The second kappa shape index (κ2) is 5.85. The number of nitrogens with zero attached hydrogens (tertiary/aromatic N) is 3. The molecule has 0 radical (unpaired) electrons. The van der Waals surface area contributed by atoms with Crippen molar-refractivity contribution in [3.63, 3.8) is 0 Å². The van der Waals surface area contributed by atoms with Gasteiger partial charge in [-0.3, -0.25) is 4.90 Å². The minimum absolute atomic E-state index is 0.347. The van der Waals surface area contributed by atoms with E-state index in [-0.39, 0.29) is 0 Å². The molecule has 1 saturated heterocycles. The van der Waals surface area contributed by atoms with Crippen molar-refractivity contribution in [3.8, 4) is 0 Å². The molecule has 2 heterocycles. The van der Waals surface area contributed by atoms with Gasteiger partial charge in [0.05, 0.1) is 16.1 Å². The fourth-order valence-corrected chi connectivity index (χ4v) is 3.58. The second-order valence-electron chi connectivity index (χ2n) is 6.19. The number of hydrogen-bond acceptors (Lipinski definition) is 3. The molecule has 1 aliphatic heterocycles. The van der Waals surface area contributed by atoms with Crippen molar-refractivity contribution in [3.05, 3.63) is 23.2 Å². The number of anilines is 1. The van der Waals surface area contributed by atoms with Gasteiger partial charge in [-0.25, -0.2) is 4.98 Å². The highest BCUT2D eigenvalue weighted by molar-refractivity contribution is 6.35. The molecule has 2 N–H and O–H groups in total. The van der Waals surface area contributed by atoms with Gasteiger partial charge in [-0.1, -0.05) is 24.1 Å². The number of hydrogen-bond donors (Lipinski definition) is 1. The van der Waals surface area contributed by atoms with E-state index in [4.69, 9.17) is 17.3 Å². The van der Waals surface area contributed by atoms with Gasteiger partial charge in [0.2, 0.25) is 5.95 Å². The number of benzene rings is 1. The molecule has 1 aromatic heterocycles. The van der Waals surface area contributed by atoms with Crippen molar-refractivity contribution in [2.24, 2.45) is 0 Å². The Bertz CT molecular complexity index is 634. The van der Waals surface area contributed by atoms with E-state index in [1.54, 1.807) is 0 Å². The Morgan fingerprint density at radius 1 is 1.33 bits per heavy atom. The number of halogens is 1. The van der Waals surface area contributed by atoms with Gasteiger partial charge in [0.1, 0.15) is 0 Å². The molecule has 1 atom stereocenters. The van der Waals surface area contributed by atoms with Crippen LogP contribution in [0.4, 0.5) is 5.95 Å². The lowest BCUT2D eigenvalue weighted by molar-refractivity contribution is 0.205. The molecule has 0 aliphatic carbocycles. The van der Waals surface area contributed by atoms with Crippen LogP contribution in [0.1, 0.15) is 39.2 Å². The van der Waals surface area contributed by atoms with E-state index >= 15 is 0 Å². The second-order valence-corrected chi connectivity index (χ2v) is 6.59. The highest BCUT2D eigenvalue weighted by Crippen LogP contribution is 2.32. The first-order valence-corrected chi connectivity index (χ1v) is 8.11. The maximum Gasteiger partial charge on any atom is 0.201 e. The van der Waals surface area contributed by atoms with E-state index in [1.165, 1.54) is 12.8 Å². The summed E-state index contributed by atoms with van der Waals surface area (Å²) in [6.07, 6.45) is 3.59. The molecule has 1 aromatic carbocycles. The van der Waals surface area contributed by atoms with Crippen molar-refractivity contribution in [2.45, 2.75) is 45.2 Å². The van der Waals surface area contributed by atoms with E-state index in [9.17, 15) is 0 Å². The van der Waals surface area contributed by atoms with E-state index in [2.05, 4.69) is 28.3 Å². The SMILES string of the molecule is CC(C)N1CCCC[C@H](n2c(N)nc3cccc(Cl)c32)C1. The summed E-state index contributed by atoms with van der Waals surface area (Å²) in [5, 5.41) is 0.733. The van der Waals surface area contributed by atoms with Crippen molar-refractivity contribution >= 4 is 28.6 Å².